The number of anilines is 1. The second kappa shape index (κ2) is 12.5. The Kier molecular flexibility index (Phi) is 9.47. The van der Waals surface area contributed by atoms with Crippen LogP contribution in [0.5, 0.6) is 5.75 Å². The van der Waals surface area contributed by atoms with Gasteiger partial charge >= 0.3 is 0 Å². The number of aliphatic hydroxyl groups excluding tert-OH is 1. The van der Waals surface area contributed by atoms with Crippen molar-refractivity contribution in [3.05, 3.63) is 94.0 Å². The molecule has 0 aliphatic carbocycles. The molecule has 0 aliphatic rings. The van der Waals surface area contributed by atoms with E-state index >= 15 is 0 Å². The summed E-state index contributed by atoms with van der Waals surface area (Å²) in [4.78, 5) is 23.4. The number of nitrogens with one attached hydrogen (secondary N) is 3. The van der Waals surface area contributed by atoms with Crippen molar-refractivity contribution < 1.29 is 19.8 Å². The molecule has 0 saturated carbocycles. The third kappa shape index (κ3) is 8.09. The monoisotopic (exact) mass is 509 g/mol. The molecule has 3 aromatic rings. The summed E-state index contributed by atoms with van der Waals surface area (Å²) >= 11 is 5.91. The van der Waals surface area contributed by atoms with Gasteiger partial charge in [0.1, 0.15) is 5.75 Å². The van der Waals surface area contributed by atoms with E-state index in [4.69, 9.17) is 11.6 Å². The van der Waals surface area contributed by atoms with Crippen LogP contribution in [0.15, 0.2) is 66.7 Å². The molecule has 0 aliphatic heterocycles. The van der Waals surface area contributed by atoms with Gasteiger partial charge in [-0.3, -0.25) is 9.59 Å². The van der Waals surface area contributed by atoms with Crippen LogP contribution in [0, 0.1) is 0 Å². The van der Waals surface area contributed by atoms with Crippen LogP contribution in [0.1, 0.15) is 47.0 Å². The second-order valence-electron chi connectivity index (χ2n) is 9.33. The maximum absolute atomic E-state index is 12.7. The van der Waals surface area contributed by atoms with Crippen LogP contribution >= 0.6 is 11.6 Å². The van der Waals surface area contributed by atoms with Crippen LogP contribution in [0.25, 0.3) is 0 Å². The molecule has 0 heterocycles. The quantitative estimate of drug-likeness (QED) is 0.185. The lowest BCUT2D eigenvalue weighted by Crippen LogP contribution is -2.43. The molecule has 2 amide bonds. The van der Waals surface area contributed by atoms with Crippen LogP contribution in [-0.2, 0) is 17.6 Å². The summed E-state index contributed by atoms with van der Waals surface area (Å²) in [6.07, 6.45) is 0.991. The van der Waals surface area contributed by atoms with E-state index in [1.807, 2.05) is 56.3 Å². The molecule has 190 valence electrons. The SMILES string of the molecule is CC(C)(Cc1cccc(C(=O)NCCc2ccc(Cl)cc2)c1)NCC(O)c1ccc(O)c(NC=O)c1. The van der Waals surface area contributed by atoms with E-state index in [9.17, 15) is 19.8 Å². The Morgan fingerprint density at radius 3 is 2.53 bits per heavy atom. The van der Waals surface area contributed by atoms with Gasteiger partial charge in [0.15, 0.2) is 0 Å². The fraction of sp³-hybridized carbons (Fsp3) is 0.286. The summed E-state index contributed by atoms with van der Waals surface area (Å²) in [7, 11) is 0. The van der Waals surface area contributed by atoms with E-state index < -0.39 is 6.10 Å². The van der Waals surface area contributed by atoms with Gasteiger partial charge in [-0.15, -0.1) is 0 Å². The number of aliphatic hydroxyl groups is 1. The molecule has 3 rings (SSSR count). The van der Waals surface area contributed by atoms with Crippen LogP contribution in [0.3, 0.4) is 0 Å². The molecule has 0 aromatic heterocycles. The number of phenols is 1. The molecule has 0 bridgehead atoms. The highest BCUT2D eigenvalue weighted by Gasteiger charge is 2.21. The third-order valence-electron chi connectivity index (χ3n) is 5.84. The Labute approximate surface area is 216 Å². The van der Waals surface area contributed by atoms with Gasteiger partial charge in [0.2, 0.25) is 6.41 Å². The van der Waals surface area contributed by atoms with Crippen LogP contribution in [0.4, 0.5) is 5.69 Å². The van der Waals surface area contributed by atoms with E-state index in [0.717, 1.165) is 17.5 Å². The highest BCUT2D eigenvalue weighted by molar-refractivity contribution is 6.30. The summed E-state index contributed by atoms with van der Waals surface area (Å²) in [5, 5.41) is 29.8. The van der Waals surface area contributed by atoms with Gasteiger partial charge in [-0.2, -0.15) is 0 Å². The van der Waals surface area contributed by atoms with Gasteiger partial charge in [-0.1, -0.05) is 41.9 Å². The fourth-order valence-corrected chi connectivity index (χ4v) is 4.03. The fourth-order valence-electron chi connectivity index (χ4n) is 3.90. The highest BCUT2D eigenvalue weighted by Crippen LogP contribution is 2.27. The van der Waals surface area contributed by atoms with Crippen molar-refractivity contribution >= 4 is 29.6 Å². The second-order valence-corrected chi connectivity index (χ2v) is 9.77. The van der Waals surface area contributed by atoms with E-state index in [-0.39, 0.29) is 29.4 Å². The van der Waals surface area contributed by atoms with E-state index in [1.165, 1.54) is 12.1 Å². The number of rotatable bonds is 12. The van der Waals surface area contributed by atoms with Crippen molar-refractivity contribution in [1.29, 1.82) is 0 Å². The Hall–Kier alpha value is -3.39. The Morgan fingerprint density at radius 1 is 1.06 bits per heavy atom. The van der Waals surface area contributed by atoms with Crippen molar-refractivity contribution in [3.63, 3.8) is 0 Å². The van der Waals surface area contributed by atoms with Crippen molar-refractivity contribution in [3.8, 4) is 5.75 Å². The number of hydrogen-bond acceptors (Lipinski definition) is 5. The number of hydrogen-bond donors (Lipinski definition) is 5. The third-order valence-corrected chi connectivity index (χ3v) is 6.09. The van der Waals surface area contributed by atoms with Gasteiger partial charge in [0.25, 0.3) is 5.91 Å². The first-order valence-electron chi connectivity index (χ1n) is 11.7. The van der Waals surface area contributed by atoms with Gasteiger partial charge in [0.05, 0.1) is 11.8 Å². The number of β-amino-alcohol motifs (C(OH)–C–C–N with tert-alkyl or cyclic N) is 1. The van der Waals surface area contributed by atoms with Gasteiger partial charge in [-0.05, 0) is 79.8 Å². The zero-order valence-electron chi connectivity index (χ0n) is 20.4. The summed E-state index contributed by atoms with van der Waals surface area (Å²) in [6.45, 7) is 4.84. The Morgan fingerprint density at radius 2 is 1.81 bits per heavy atom. The van der Waals surface area contributed by atoms with E-state index in [2.05, 4.69) is 16.0 Å². The average molecular weight is 510 g/mol. The van der Waals surface area contributed by atoms with E-state index in [0.29, 0.717) is 35.5 Å². The lowest BCUT2D eigenvalue weighted by atomic mass is 9.93. The molecule has 1 atom stereocenters. The molecular formula is C28H32ClN3O4. The van der Waals surface area contributed by atoms with Gasteiger partial charge in [-0.25, -0.2) is 0 Å². The summed E-state index contributed by atoms with van der Waals surface area (Å²) in [5.41, 5.74) is 3.13. The molecule has 0 spiro atoms. The Balaban J connectivity index is 1.53. The smallest absolute Gasteiger partial charge is 0.251 e. The van der Waals surface area contributed by atoms with Gasteiger partial charge in [0, 0.05) is 29.2 Å². The average Bonchev–Trinajstić information content (AvgIpc) is 2.85. The number of aromatic hydroxyl groups is 1. The number of carbonyl (C=O) groups excluding carboxylic acids is 2. The molecule has 1 unspecified atom stereocenters. The maximum Gasteiger partial charge on any atom is 0.251 e. The first-order chi connectivity index (χ1) is 17.2. The molecule has 7 nitrogen and oxygen atoms in total. The van der Waals surface area contributed by atoms with Crippen molar-refractivity contribution in [2.24, 2.45) is 0 Å². The van der Waals surface area contributed by atoms with E-state index in [1.54, 1.807) is 12.1 Å². The number of carbonyl (C=O) groups is 2. The number of amides is 2. The maximum atomic E-state index is 12.7. The topological polar surface area (TPSA) is 111 Å². The summed E-state index contributed by atoms with van der Waals surface area (Å²) in [6, 6.07) is 19.7. The predicted molar refractivity (Wildman–Crippen MR) is 142 cm³/mol. The zero-order chi connectivity index (χ0) is 26.1. The Bertz CT molecular complexity index is 1180. The first-order valence-corrected chi connectivity index (χ1v) is 12.1. The van der Waals surface area contributed by atoms with Gasteiger partial charge < -0.3 is 26.2 Å². The van der Waals surface area contributed by atoms with Crippen molar-refractivity contribution in [2.75, 3.05) is 18.4 Å². The zero-order valence-corrected chi connectivity index (χ0v) is 21.2. The number of phenolic OH excluding ortho intramolecular Hbond substituents is 1. The summed E-state index contributed by atoms with van der Waals surface area (Å²) < 4.78 is 0. The lowest BCUT2D eigenvalue weighted by Gasteiger charge is -2.28. The lowest BCUT2D eigenvalue weighted by molar-refractivity contribution is -0.105. The normalized spacial score (nSPS) is 12.1. The minimum absolute atomic E-state index is 0.0692. The standard InChI is InChI=1S/C28H32ClN3O4/c1-28(2,32-17-26(35)21-8-11-25(34)24(15-21)31-18-33)16-20-4-3-5-22(14-20)27(36)30-13-12-19-6-9-23(29)10-7-19/h3-11,14-15,18,26,32,34-35H,12-13,16-17H2,1-2H3,(H,30,36)(H,31,33). The molecular weight excluding hydrogens is 478 g/mol. The minimum atomic E-state index is -0.838. The highest BCUT2D eigenvalue weighted by atomic mass is 35.5. The minimum Gasteiger partial charge on any atom is -0.506 e. The molecule has 0 saturated heterocycles. The van der Waals surface area contributed by atoms with Crippen LogP contribution in [-0.4, -0.2) is 41.2 Å². The van der Waals surface area contributed by atoms with Crippen molar-refractivity contribution in [1.82, 2.24) is 10.6 Å². The predicted octanol–water partition coefficient (Wildman–Crippen LogP) is 4.23. The first kappa shape index (κ1) is 27.2. The molecule has 8 heteroatoms. The van der Waals surface area contributed by atoms with Crippen LogP contribution in [0.2, 0.25) is 5.02 Å². The largest absolute Gasteiger partial charge is 0.506 e. The molecule has 36 heavy (non-hydrogen) atoms. The van der Waals surface area contributed by atoms with Crippen molar-refractivity contribution in [2.45, 2.75) is 38.3 Å². The number of halogens is 1. The molecule has 5 N–H and O–H groups in total. The molecule has 0 fully saturated rings. The van der Waals surface area contributed by atoms with Crippen LogP contribution < -0.4 is 16.0 Å². The number of benzene rings is 3. The summed E-state index contributed by atoms with van der Waals surface area (Å²) in [5.74, 6) is -0.195. The molecule has 3 aromatic carbocycles. The molecule has 0 radical (unpaired) electrons.